The SMILES string of the molecule is CC1=C(c2cccc(Br)c2)S(=O)(=O)N=C1N1CCCC1. The summed E-state index contributed by atoms with van der Waals surface area (Å²) in [6, 6.07) is 7.34. The number of hydrogen-bond acceptors (Lipinski definition) is 3. The first kappa shape index (κ1) is 13.8. The molecule has 106 valence electrons. The van der Waals surface area contributed by atoms with Crippen LogP contribution >= 0.6 is 15.9 Å². The fraction of sp³-hybridized carbons (Fsp3) is 0.357. The van der Waals surface area contributed by atoms with E-state index in [-0.39, 0.29) is 0 Å². The summed E-state index contributed by atoms with van der Waals surface area (Å²) >= 11 is 3.38. The molecule has 0 atom stereocenters. The highest BCUT2D eigenvalue weighted by atomic mass is 79.9. The molecule has 0 aliphatic carbocycles. The molecule has 0 radical (unpaired) electrons. The van der Waals surface area contributed by atoms with Gasteiger partial charge >= 0.3 is 0 Å². The van der Waals surface area contributed by atoms with E-state index in [0.717, 1.165) is 36.0 Å². The molecule has 0 spiro atoms. The van der Waals surface area contributed by atoms with Crippen molar-refractivity contribution >= 4 is 36.7 Å². The Labute approximate surface area is 127 Å². The quantitative estimate of drug-likeness (QED) is 0.778. The molecule has 0 amide bonds. The Morgan fingerprint density at radius 3 is 2.60 bits per heavy atom. The van der Waals surface area contributed by atoms with E-state index in [1.165, 1.54) is 0 Å². The van der Waals surface area contributed by atoms with Crippen molar-refractivity contribution in [2.45, 2.75) is 19.8 Å². The molecular weight excluding hydrogens is 340 g/mol. The Morgan fingerprint density at radius 2 is 1.95 bits per heavy atom. The highest BCUT2D eigenvalue weighted by Gasteiger charge is 2.34. The minimum absolute atomic E-state index is 0.334. The zero-order valence-corrected chi connectivity index (χ0v) is 13.5. The molecule has 0 N–H and O–H groups in total. The third-order valence-electron chi connectivity index (χ3n) is 3.63. The van der Waals surface area contributed by atoms with Crippen LogP contribution in [0.4, 0.5) is 0 Å². The van der Waals surface area contributed by atoms with E-state index in [2.05, 4.69) is 25.2 Å². The minimum Gasteiger partial charge on any atom is -0.356 e. The monoisotopic (exact) mass is 354 g/mol. The summed E-state index contributed by atoms with van der Waals surface area (Å²) in [6.45, 7) is 3.62. The molecule has 1 aromatic rings. The van der Waals surface area contributed by atoms with Crippen LogP contribution in [0.1, 0.15) is 25.3 Å². The minimum atomic E-state index is -3.59. The summed E-state index contributed by atoms with van der Waals surface area (Å²) < 4.78 is 29.6. The standard InChI is InChI=1S/C14H15BrN2O2S/c1-10-13(11-5-4-6-12(15)9-11)20(18,19)16-14(10)17-7-2-3-8-17/h4-6,9H,2-3,7-8H2,1H3. The van der Waals surface area contributed by atoms with Crippen LogP contribution < -0.4 is 0 Å². The van der Waals surface area contributed by atoms with E-state index in [1.807, 2.05) is 31.2 Å². The smallest absolute Gasteiger partial charge is 0.285 e. The lowest BCUT2D eigenvalue weighted by Gasteiger charge is -2.17. The van der Waals surface area contributed by atoms with Gasteiger partial charge in [-0.3, -0.25) is 0 Å². The van der Waals surface area contributed by atoms with E-state index < -0.39 is 10.0 Å². The Morgan fingerprint density at radius 1 is 1.25 bits per heavy atom. The molecule has 0 bridgehead atoms. The van der Waals surface area contributed by atoms with Crippen molar-refractivity contribution in [1.82, 2.24) is 4.90 Å². The van der Waals surface area contributed by atoms with Gasteiger partial charge in [0.15, 0.2) is 0 Å². The number of nitrogens with zero attached hydrogens (tertiary/aromatic N) is 2. The van der Waals surface area contributed by atoms with E-state index in [4.69, 9.17) is 0 Å². The predicted molar refractivity (Wildman–Crippen MR) is 83.9 cm³/mol. The Hall–Kier alpha value is -1.14. The van der Waals surface area contributed by atoms with Crippen LogP contribution in [-0.4, -0.2) is 32.2 Å². The van der Waals surface area contributed by atoms with E-state index >= 15 is 0 Å². The van der Waals surface area contributed by atoms with Crippen molar-refractivity contribution in [2.75, 3.05) is 13.1 Å². The molecular formula is C14H15BrN2O2S. The molecule has 1 saturated heterocycles. The third-order valence-corrected chi connectivity index (χ3v) is 5.60. The second-order valence-electron chi connectivity index (χ2n) is 5.05. The normalized spacial score (nSPS) is 21.5. The average molecular weight is 355 g/mol. The lowest BCUT2D eigenvalue weighted by molar-refractivity contribution is 0.520. The molecule has 4 nitrogen and oxygen atoms in total. The Kier molecular flexibility index (Phi) is 3.46. The summed E-state index contributed by atoms with van der Waals surface area (Å²) in [4.78, 5) is 2.40. The van der Waals surface area contributed by atoms with Crippen molar-refractivity contribution in [2.24, 2.45) is 4.40 Å². The summed E-state index contributed by atoms with van der Waals surface area (Å²) in [5.74, 6) is 0.623. The number of rotatable bonds is 1. The molecule has 1 fully saturated rings. The van der Waals surface area contributed by atoms with Crippen molar-refractivity contribution in [1.29, 1.82) is 0 Å². The van der Waals surface area contributed by atoms with E-state index in [9.17, 15) is 8.42 Å². The highest BCUT2D eigenvalue weighted by Crippen LogP contribution is 2.35. The second kappa shape index (κ2) is 5.00. The van der Waals surface area contributed by atoms with Gasteiger partial charge in [-0.15, -0.1) is 4.40 Å². The summed E-state index contributed by atoms with van der Waals surface area (Å²) in [5.41, 5.74) is 1.44. The van der Waals surface area contributed by atoms with Gasteiger partial charge in [0.2, 0.25) is 0 Å². The topological polar surface area (TPSA) is 49.7 Å². The third kappa shape index (κ3) is 2.31. The van der Waals surface area contributed by atoms with Crippen LogP contribution in [0.3, 0.4) is 0 Å². The zero-order chi connectivity index (χ0) is 14.3. The van der Waals surface area contributed by atoms with E-state index in [0.29, 0.717) is 16.3 Å². The molecule has 3 rings (SSSR count). The maximum absolute atomic E-state index is 12.4. The molecule has 20 heavy (non-hydrogen) atoms. The first-order chi connectivity index (χ1) is 9.49. The van der Waals surface area contributed by atoms with Gasteiger partial charge in [-0.05, 0) is 37.5 Å². The van der Waals surface area contributed by atoms with Crippen LogP contribution in [0.5, 0.6) is 0 Å². The molecule has 0 unspecified atom stereocenters. The molecule has 2 aliphatic rings. The van der Waals surface area contributed by atoms with Gasteiger partial charge in [0, 0.05) is 23.1 Å². The van der Waals surface area contributed by atoms with Gasteiger partial charge in [-0.25, -0.2) is 0 Å². The zero-order valence-electron chi connectivity index (χ0n) is 11.1. The maximum Gasteiger partial charge on any atom is 0.285 e. The number of halogens is 1. The Bertz CT molecular complexity index is 716. The van der Waals surface area contributed by atoms with Gasteiger partial charge in [-0.2, -0.15) is 8.42 Å². The molecule has 1 aromatic carbocycles. The predicted octanol–water partition coefficient (Wildman–Crippen LogP) is 3.02. The second-order valence-corrected chi connectivity index (χ2v) is 7.51. The van der Waals surface area contributed by atoms with Crippen molar-refractivity contribution in [3.8, 4) is 0 Å². The van der Waals surface area contributed by atoms with Gasteiger partial charge in [0.25, 0.3) is 10.0 Å². The van der Waals surface area contributed by atoms with Crippen molar-refractivity contribution in [3.05, 3.63) is 39.9 Å². The molecule has 0 saturated carbocycles. The summed E-state index contributed by atoms with van der Waals surface area (Å²) in [5, 5.41) is 0. The van der Waals surface area contributed by atoms with Crippen LogP contribution in [0, 0.1) is 0 Å². The number of likely N-dealkylation sites (tertiary alicyclic amines) is 1. The fourth-order valence-corrected chi connectivity index (χ4v) is 4.62. The fourth-order valence-electron chi connectivity index (χ4n) is 2.74. The van der Waals surface area contributed by atoms with Crippen molar-refractivity contribution < 1.29 is 8.42 Å². The van der Waals surface area contributed by atoms with Crippen molar-refractivity contribution in [3.63, 3.8) is 0 Å². The van der Waals surface area contributed by atoms with Gasteiger partial charge in [0.1, 0.15) is 10.7 Å². The first-order valence-electron chi connectivity index (χ1n) is 6.56. The van der Waals surface area contributed by atoms with Gasteiger partial charge in [-0.1, -0.05) is 28.1 Å². The number of benzene rings is 1. The molecule has 6 heteroatoms. The number of amidine groups is 1. The lowest BCUT2D eigenvalue weighted by Crippen LogP contribution is -2.27. The van der Waals surface area contributed by atoms with Gasteiger partial charge < -0.3 is 4.90 Å². The van der Waals surface area contributed by atoms with Gasteiger partial charge in [0.05, 0.1) is 0 Å². The summed E-state index contributed by atoms with van der Waals surface area (Å²) in [7, 11) is -3.59. The van der Waals surface area contributed by atoms with Crippen LogP contribution in [0.25, 0.3) is 4.91 Å². The Balaban J connectivity index is 2.10. The molecule has 2 aliphatic heterocycles. The maximum atomic E-state index is 12.4. The van der Waals surface area contributed by atoms with Crippen LogP contribution in [0.2, 0.25) is 0 Å². The average Bonchev–Trinajstić information content (AvgIpc) is 2.96. The van der Waals surface area contributed by atoms with E-state index in [1.54, 1.807) is 0 Å². The lowest BCUT2D eigenvalue weighted by atomic mass is 10.1. The first-order valence-corrected chi connectivity index (χ1v) is 8.79. The largest absolute Gasteiger partial charge is 0.356 e. The van der Waals surface area contributed by atoms with Crippen LogP contribution in [-0.2, 0) is 10.0 Å². The number of hydrogen-bond donors (Lipinski definition) is 0. The summed E-state index contributed by atoms with van der Waals surface area (Å²) in [6.07, 6.45) is 2.19. The highest BCUT2D eigenvalue weighted by molar-refractivity contribution is 9.10. The molecule has 0 aromatic heterocycles. The molecule has 2 heterocycles. The number of sulfonamides is 1. The van der Waals surface area contributed by atoms with Crippen LogP contribution in [0.15, 0.2) is 38.7 Å².